The van der Waals surface area contributed by atoms with E-state index in [1.165, 1.54) is 7.11 Å². The van der Waals surface area contributed by atoms with Crippen molar-refractivity contribution in [3.05, 3.63) is 29.8 Å². The normalized spacial score (nSPS) is 14.2. The van der Waals surface area contributed by atoms with Crippen LogP contribution in [0.1, 0.15) is 29.6 Å². The summed E-state index contributed by atoms with van der Waals surface area (Å²) in [5, 5.41) is 0. The summed E-state index contributed by atoms with van der Waals surface area (Å²) in [6.45, 7) is 0. The van der Waals surface area contributed by atoms with E-state index < -0.39 is 5.97 Å². The largest absolute Gasteiger partial charge is 0.465 e. The van der Waals surface area contributed by atoms with Gasteiger partial charge in [-0.3, -0.25) is 4.79 Å². The fraction of sp³-hybridized carbons (Fsp3) is 0.385. The number of rotatable bonds is 4. The number of esters is 2. The highest BCUT2D eigenvalue weighted by Crippen LogP contribution is 2.32. The van der Waals surface area contributed by atoms with Crippen molar-refractivity contribution in [2.75, 3.05) is 7.11 Å². The molecule has 4 heteroatoms. The molecule has 1 saturated carbocycles. The average molecular weight is 234 g/mol. The van der Waals surface area contributed by atoms with Crippen LogP contribution in [0.4, 0.5) is 0 Å². The molecule has 0 atom stereocenters. The Kier molecular flexibility index (Phi) is 3.42. The van der Waals surface area contributed by atoms with Gasteiger partial charge in [0.1, 0.15) is 5.75 Å². The van der Waals surface area contributed by atoms with Crippen LogP contribution in [0.2, 0.25) is 0 Å². The maximum absolute atomic E-state index is 11.4. The van der Waals surface area contributed by atoms with Crippen molar-refractivity contribution in [2.45, 2.75) is 19.3 Å². The summed E-state index contributed by atoms with van der Waals surface area (Å²) < 4.78 is 9.71. The van der Waals surface area contributed by atoms with Crippen LogP contribution in [0, 0.1) is 5.92 Å². The maximum Gasteiger partial charge on any atom is 0.337 e. The van der Waals surface area contributed by atoms with Crippen LogP contribution in [0.15, 0.2) is 24.3 Å². The van der Waals surface area contributed by atoms with Gasteiger partial charge >= 0.3 is 11.9 Å². The number of hydrogen-bond acceptors (Lipinski definition) is 4. The van der Waals surface area contributed by atoms with Gasteiger partial charge in [0, 0.05) is 6.42 Å². The van der Waals surface area contributed by atoms with Gasteiger partial charge in [-0.05, 0) is 43.0 Å². The lowest BCUT2D eigenvalue weighted by Crippen LogP contribution is -2.08. The molecule has 0 N–H and O–H groups in total. The van der Waals surface area contributed by atoms with E-state index in [-0.39, 0.29) is 5.97 Å². The van der Waals surface area contributed by atoms with Gasteiger partial charge in [-0.2, -0.15) is 0 Å². The van der Waals surface area contributed by atoms with Crippen LogP contribution in [0.3, 0.4) is 0 Å². The summed E-state index contributed by atoms with van der Waals surface area (Å²) in [6, 6.07) is 6.34. The van der Waals surface area contributed by atoms with Crippen LogP contribution in [0.5, 0.6) is 5.75 Å². The number of hydrogen-bond donors (Lipinski definition) is 0. The van der Waals surface area contributed by atoms with Crippen molar-refractivity contribution >= 4 is 11.9 Å². The molecule has 0 unspecified atom stereocenters. The standard InChI is InChI=1S/C13H14O4/c1-16-13(15)10-4-6-11(7-5-10)17-12(14)8-9-2-3-9/h4-7,9H,2-3,8H2,1H3. The fourth-order valence-corrected chi connectivity index (χ4v) is 1.51. The van der Waals surface area contributed by atoms with E-state index in [1.807, 2.05) is 0 Å². The number of carbonyl (C=O) groups is 2. The third-order valence-corrected chi connectivity index (χ3v) is 2.66. The molecule has 0 heterocycles. The Morgan fingerprint density at radius 3 is 2.41 bits per heavy atom. The molecule has 1 aromatic rings. The first-order valence-corrected chi connectivity index (χ1v) is 5.58. The Labute approximate surface area is 99.5 Å². The highest BCUT2D eigenvalue weighted by atomic mass is 16.5. The van der Waals surface area contributed by atoms with Gasteiger partial charge in [0.15, 0.2) is 0 Å². The SMILES string of the molecule is COC(=O)c1ccc(OC(=O)CC2CC2)cc1. The lowest BCUT2D eigenvalue weighted by Gasteiger charge is -2.04. The minimum Gasteiger partial charge on any atom is -0.465 e. The molecule has 4 nitrogen and oxygen atoms in total. The molecule has 0 aliphatic heterocycles. The molecule has 1 fully saturated rings. The van der Waals surface area contributed by atoms with Crippen molar-refractivity contribution in [2.24, 2.45) is 5.92 Å². The second-order valence-electron chi connectivity index (χ2n) is 4.14. The molecular weight excluding hydrogens is 220 g/mol. The fourth-order valence-electron chi connectivity index (χ4n) is 1.51. The molecule has 1 aromatic carbocycles. The number of methoxy groups -OCH3 is 1. The van der Waals surface area contributed by atoms with E-state index in [9.17, 15) is 9.59 Å². The quantitative estimate of drug-likeness (QED) is 0.592. The van der Waals surface area contributed by atoms with Crippen LogP contribution >= 0.6 is 0 Å². The van der Waals surface area contributed by atoms with Gasteiger partial charge in [-0.15, -0.1) is 0 Å². The van der Waals surface area contributed by atoms with E-state index in [1.54, 1.807) is 24.3 Å². The molecular formula is C13H14O4. The van der Waals surface area contributed by atoms with Crippen LogP contribution in [-0.4, -0.2) is 19.0 Å². The summed E-state index contributed by atoms with van der Waals surface area (Å²) in [4.78, 5) is 22.6. The Hall–Kier alpha value is -1.84. The molecule has 0 saturated heterocycles. The number of carbonyl (C=O) groups excluding carboxylic acids is 2. The molecule has 17 heavy (non-hydrogen) atoms. The molecule has 0 amide bonds. The zero-order valence-electron chi connectivity index (χ0n) is 9.64. The van der Waals surface area contributed by atoms with E-state index in [2.05, 4.69) is 4.74 Å². The summed E-state index contributed by atoms with van der Waals surface area (Å²) in [5.41, 5.74) is 0.439. The molecule has 1 aliphatic rings. The smallest absolute Gasteiger partial charge is 0.337 e. The summed E-state index contributed by atoms with van der Waals surface area (Å²) in [5.74, 6) is 0.360. The lowest BCUT2D eigenvalue weighted by atomic mass is 10.2. The highest BCUT2D eigenvalue weighted by molar-refractivity contribution is 5.89. The predicted octanol–water partition coefficient (Wildman–Crippen LogP) is 2.18. The van der Waals surface area contributed by atoms with Crippen LogP contribution < -0.4 is 4.74 Å². The van der Waals surface area contributed by atoms with Crippen molar-refractivity contribution in [3.63, 3.8) is 0 Å². The minimum atomic E-state index is -0.402. The molecule has 0 radical (unpaired) electrons. The number of benzene rings is 1. The zero-order chi connectivity index (χ0) is 12.3. The summed E-state index contributed by atoms with van der Waals surface area (Å²) >= 11 is 0. The van der Waals surface area contributed by atoms with E-state index in [0.717, 1.165) is 12.8 Å². The highest BCUT2D eigenvalue weighted by Gasteiger charge is 2.25. The first-order chi connectivity index (χ1) is 8.19. The van der Waals surface area contributed by atoms with Gasteiger partial charge in [0.25, 0.3) is 0 Å². The van der Waals surface area contributed by atoms with E-state index >= 15 is 0 Å². The Bertz CT molecular complexity index is 418. The average Bonchev–Trinajstić information content (AvgIpc) is 3.12. The predicted molar refractivity (Wildman–Crippen MR) is 60.8 cm³/mol. The Morgan fingerprint density at radius 1 is 1.24 bits per heavy atom. The molecule has 0 bridgehead atoms. The minimum absolute atomic E-state index is 0.210. The Balaban J connectivity index is 1.92. The van der Waals surface area contributed by atoms with Crippen molar-refractivity contribution in [3.8, 4) is 5.75 Å². The van der Waals surface area contributed by atoms with Gasteiger partial charge in [-0.25, -0.2) is 4.79 Å². The lowest BCUT2D eigenvalue weighted by molar-refractivity contribution is -0.134. The van der Waals surface area contributed by atoms with Gasteiger partial charge < -0.3 is 9.47 Å². The first-order valence-electron chi connectivity index (χ1n) is 5.58. The van der Waals surface area contributed by atoms with Gasteiger partial charge in [-0.1, -0.05) is 0 Å². The molecule has 0 spiro atoms. The van der Waals surface area contributed by atoms with Gasteiger partial charge in [0.05, 0.1) is 12.7 Å². The third kappa shape index (κ3) is 3.31. The summed E-state index contributed by atoms with van der Waals surface area (Å²) in [6.07, 6.45) is 2.73. The monoisotopic (exact) mass is 234 g/mol. The first kappa shape index (κ1) is 11.6. The van der Waals surface area contributed by atoms with Crippen molar-refractivity contribution in [1.29, 1.82) is 0 Å². The second-order valence-corrected chi connectivity index (χ2v) is 4.14. The Morgan fingerprint density at radius 2 is 1.88 bits per heavy atom. The zero-order valence-corrected chi connectivity index (χ0v) is 9.64. The molecule has 0 aromatic heterocycles. The van der Waals surface area contributed by atoms with E-state index in [4.69, 9.17) is 4.74 Å². The van der Waals surface area contributed by atoms with Gasteiger partial charge in [0.2, 0.25) is 0 Å². The van der Waals surface area contributed by atoms with Crippen LogP contribution in [-0.2, 0) is 9.53 Å². The van der Waals surface area contributed by atoms with Crippen molar-refractivity contribution < 1.29 is 19.1 Å². The molecule has 1 aliphatic carbocycles. The third-order valence-electron chi connectivity index (χ3n) is 2.66. The summed E-state index contributed by atoms with van der Waals surface area (Å²) in [7, 11) is 1.33. The second kappa shape index (κ2) is 4.99. The van der Waals surface area contributed by atoms with Crippen LogP contribution in [0.25, 0.3) is 0 Å². The molecule has 2 rings (SSSR count). The maximum atomic E-state index is 11.4. The molecule has 90 valence electrons. The van der Waals surface area contributed by atoms with Crippen molar-refractivity contribution in [1.82, 2.24) is 0 Å². The number of ether oxygens (including phenoxy) is 2. The van der Waals surface area contributed by atoms with E-state index in [0.29, 0.717) is 23.7 Å². The topological polar surface area (TPSA) is 52.6 Å².